The summed E-state index contributed by atoms with van der Waals surface area (Å²) in [5, 5.41) is 3.47. The van der Waals surface area contributed by atoms with E-state index in [1.54, 1.807) is 12.1 Å². The summed E-state index contributed by atoms with van der Waals surface area (Å²) in [7, 11) is 0. The summed E-state index contributed by atoms with van der Waals surface area (Å²) in [6.07, 6.45) is 0.450. The maximum Gasteiger partial charge on any atom is 0.221 e. The lowest BCUT2D eigenvalue weighted by Gasteiger charge is -2.13. The first-order chi connectivity index (χ1) is 7.13. The van der Waals surface area contributed by atoms with Gasteiger partial charge in [-0.1, -0.05) is 28.1 Å². The van der Waals surface area contributed by atoms with Crippen LogP contribution < -0.4 is 5.32 Å². The van der Waals surface area contributed by atoms with E-state index in [4.69, 9.17) is 0 Å². The van der Waals surface area contributed by atoms with Crippen molar-refractivity contribution in [2.45, 2.75) is 19.4 Å². The van der Waals surface area contributed by atoms with Crippen LogP contribution in [-0.4, -0.2) is 11.2 Å². The van der Waals surface area contributed by atoms with E-state index >= 15 is 0 Å². The fourth-order valence-electron chi connectivity index (χ4n) is 1.23. The minimum atomic E-state index is -0.266. The summed E-state index contributed by atoms with van der Waals surface area (Å²) in [4.78, 5) is 11.3. The predicted octanol–water partition coefficient (Wildman–Crippen LogP) is 2.79. The second-order valence-electron chi connectivity index (χ2n) is 3.28. The average Bonchev–Trinajstić information content (AvgIpc) is 2.18. The number of nitrogens with one attached hydrogen (secondary N) is 1. The largest absolute Gasteiger partial charge is 0.350 e. The Hall–Kier alpha value is -0.900. The van der Waals surface area contributed by atoms with Crippen molar-refractivity contribution in [3.05, 3.63) is 35.6 Å². The number of benzene rings is 1. The second-order valence-corrected chi connectivity index (χ2v) is 4.07. The number of rotatable bonds is 4. The Morgan fingerprint density at radius 3 is 2.60 bits per heavy atom. The third-order valence-corrected chi connectivity index (χ3v) is 2.47. The fraction of sp³-hybridized carbons (Fsp3) is 0.364. The van der Waals surface area contributed by atoms with Gasteiger partial charge in [0.1, 0.15) is 5.82 Å². The first kappa shape index (κ1) is 12.2. The van der Waals surface area contributed by atoms with Crippen molar-refractivity contribution in [2.24, 2.45) is 0 Å². The average molecular weight is 274 g/mol. The summed E-state index contributed by atoms with van der Waals surface area (Å²) >= 11 is 3.20. The van der Waals surface area contributed by atoms with Crippen LogP contribution in [0.2, 0.25) is 0 Å². The molecular formula is C11H13BrFNO. The van der Waals surface area contributed by atoms with E-state index in [-0.39, 0.29) is 17.8 Å². The van der Waals surface area contributed by atoms with E-state index in [2.05, 4.69) is 21.2 Å². The summed E-state index contributed by atoms with van der Waals surface area (Å²) in [5.41, 5.74) is 0.902. The van der Waals surface area contributed by atoms with Crippen LogP contribution in [0.1, 0.15) is 24.9 Å². The molecular weight excluding hydrogens is 261 g/mol. The number of carbonyl (C=O) groups excluding carboxylic acids is 1. The number of hydrogen-bond donors (Lipinski definition) is 1. The molecule has 0 heterocycles. The van der Waals surface area contributed by atoms with Crippen LogP contribution in [0.4, 0.5) is 4.39 Å². The maximum absolute atomic E-state index is 12.6. The third kappa shape index (κ3) is 4.00. The highest BCUT2D eigenvalue weighted by molar-refractivity contribution is 9.09. The SMILES string of the molecule is CC(NC(=O)CCBr)c1ccc(F)cc1. The van der Waals surface area contributed by atoms with E-state index in [1.165, 1.54) is 12.1 Å². The quantitative estimate of drug-likeness (QED) is 0.840. The smallest absolute Gasteiger partial charge is 0.221 e. The monoisotopic (exact) mass is 273 g/mol. The van der Waals surface area contributed by atoms with Gasteiger partial charge < -0.3 is 5.32 Å². The van der Waals surface area contributed by atoms with Crippen LogP contribution in [0.5, 0.6) is 0 Å². The summed E-state index contributed by atoms with van der Waals surface area (Å²) in [6, 6.07) is 6.05. The molecule has 0 aliphatic rings. The normalized spacial score (nSPS) is 12.2. The van der Waals surface area contributed by atoms with Crippen molar-refractivity contribution in [1.82, 2.24) is 5.32 Å². The van der Waals surface area contributed by atoms with E-state index in [9.17, 15) is 9.18 Å². The minimum Gasteiger partial charge on any atom is -0.350 e. The number of amides is 1. The highest BCUT2D eigenvalue weighted by Gasteiger charge is 2.08. The molecule has 15 heavy (non-hydrogen) atoms. The van der Waals surface area contributed by atoms with Crippen LogP contribution in [0.25, 0.3) is 0 Å². The number of halogens is 2. The minimum absolute atomic E-state index is 0.0105. The van der Waals surface area contributed by atoms with Crippen molar-refractivity contribution in [2.75, 3.05) is 5.33 Å². The molecule has 1 N–H and O–H groups in total. The van der Waals surface area contributed by atoms with E-state index in [0.717, 1.165) is 5.56 Å². The molecule has 0 radical (unpaired) electrons. The van der Waals surface area contributed by atoms with Crippen LogP contribution in [0.3, 0.4) is 0 Å². The zero-order valence-corrected chi connectivity index (χ0v) is 10.1. The molecule has 0 saturated carbocycles. The van der Waals surface area contributed by atoms with E-state index in [0.29, 0.717) is 11.8 Å². The Balaban J connectivity index is 2.57. The number of hydrogen-bond acceptors (Lipinski definition) is 1. The Morgan fingerprint density at radius 2 is 2.07 bits per heavy atom. The summed E-state index contributed by atoms with van der Waals surface area (Å²) < 4.78 is 12.6. The molecule has 0 aliphatic heterocycles. The molecule has 0 aliphatic carbocycles. The van der Waals surface area contributed by atoms with Gasteiger partial charge in [0.2, 0.25) is 5.91 Å². The molecule has 2 nitrogen and oxygen atoms in total. The van der Waals surface area contributed by atoms with Gasteiger partial charge in [0.15, 0.2) is 0 Å². The lowest BCUT2D eigenvalue weighted by atomic mass is 10.1. The van der Waals surface area contributed by atoms with Gasteiger partial charge in [-0.3, -0.25) is 4.79 Å². The van der Waals surface area contributed by atoms with Gasteiger partial charge in [-0.15, -0.1) is 0 Å². The molecule has 1 aromatic carbocycles. The highest BCUT2D eigenvalue weighted by atomic mass is 79.9. The van der Waals surface area contributed by atoms with Crippen LogP contribution >= 0.6 is 15.9 Å². The van der Waals surface area contributed by atoms with Crippen LogP contribution in [-0.2, 0) is 4.79 Å². The van der Waals surface area contributed by atoms with Crippen molar-refractivity contribution in [3.63, 3.8) is 0 Å². The number of carbonyl (C=O) groups is 1. The Labute approximate surface area is 97.0 Å². The van der Waals surface area contributed by atoms with Gasteiger partial charge in [-0.2, -0.15) is 0 Å². The number of alkyl halides is 1. The molecule has 0 fully saturated rings. The molecule has 0 bridgehead atoms. The van der Waals surface area contributed by atoms with Crippen molar-refractivity contribution in [3.8, 4) is 0 Å². The molecule has 1 aromatic rings. The van der Waals surface area contributed by atoms with Gasteiger partial charge in [-0.25, -0.2) is 4.39 Å². The lowest BCUT2D eigenvalue weighted by molar-refractivity contribution is -0.121. The predicted molar refractivity (Wildman–Crippen MR) is 61.4 cm³/mol. The van der Waals surface area contributed by atoms with Crippen molar-refractivity contribution >= 4 is 21.8 Å². The molecule has 1 amide bonds. The first-order valence-electron chi connectivity index (χ1n) is 4.74. The maximum atomic E-state index is 12.6. The molecule has 1 atom stereocenters. The third-order valence-electron chi connectivity index (χ3n) is 2.07. The van der Waals surface area contributed by atoms with Crippen molar-refractivity contribution < 1.29 is 9.18 Å². The lowest BCUT2D eigenvalue weighted by Crippen LogP contribution is -2.26. The molecule has 4 heteroatoms. The van der Waals surface area contributed by atoms with Gasteiger partial charge >= 0.3 is 0 Å². The van der Waals surface area contributed by atoms with Crippen LogP contribution in [0.15, 0.2) is 24.3 Å². The van der Waals surface area contributed by atoms with E-state index < -0.39 is 0 Å². The van der Waals surface area contributed by atoms with E-state index in [1.807, 2.05) is 6.92 Å². The second kappa shape index (κ2) is 5.85. The standard InChI is InChI=1S/C11H13BrFNO/c1-8(14-11(15)6-7-12)9-2-4-10(13)5-3-9/h2-5,8H,6-7H2,1H3,(H,14,15). The zero-order chi connectivity index (χ0) is 11.3. The Kier molecular flexibility index (Phi) is 4.75. The zero-order valence-electron chi connectivity index (χ0n) is 8.47. The summed E-state index contributed by atoms with van der Waals surface area (Å²) in [6.45, 7) is 1.87. The topological polar surface area (TPSA) is 29.1 Å². The fourth-order valence-corrected chi connectivity index (χ4v) is 1.59. The van der Waals surface area contributed by atoms with Crippen molar-refractivity contribution in [1.29, 1.82) is 0 Å². The molecule has 0 saturated heterocycles. The first-order valence-corrected chi connectivity index (χ1v) is 5.86. The molecule has 0 aromatic heterocycles. The highest BCUT2D eigenvalue weighted by Crippen LogP contribution is 2.12. The van der Waals surface area contributed by atoms with Gasteiger partial charge in [0, 0.05) is 11.8 Å². The molecule has 1 rings (SSSR count). The van der Waals surface area contributed by atoms with Crippen LogP contribution in [0, 0.1) is 5.82 Å². The molecule has 0 spiro atoms. The Morgan fingerprint density at radius 1 is 1.47 bits per heavy atom. The Bertz CT molecular complexity index is 326. The van der Waals surface area contributed by atoms with Gasteiger partial charge in [0.25, 0.3) is 0 Å². The van der Waals surface area contributed by atoms with Gasteiger partial charge in [-0.05, 0) is 24.6 Å². The summed E-state index contributed by atoms with van der Waals surface area (Å²) in [5.74, 6) is -0.276. The molecule has 82 valence electrons. The molecule has 1 unspecified atom stereocenters. The van der Waals surface area contributed by atoms with Gasteiger partial charge in [0.05, 0.1) is 6.04 Å².